The summed E-state index contributed by atoms with van der Waals surface area (Å²) in [5.41, 5.74) is 2.14. The quantitative estimate of drug-likeness (QED) is 0.561. The van der Waals surface area contributed by atoms with Crippen LogP contribution in [0.25, 0.3) is 5.65 Å². The van der Waals surface area contributed by atoms with Crippen molar-refractivity contribution in [2.24, 2.45) is 0 Å². The minimum atomic E-state index is -0.289. The molecule has 2 aromatic heterocycles. The van der Waals surface area contributed by atoms with E-state index in [-0.39, 0.29) is 5.82 Å². The molecule has 0 spiro atoms. The first-order chi connectivity index (χ1) is 8.81. The SMILES string of the molecule is Fc1cccc(C#Cc2cnc3ccnn3c2)c1. The number of nitrogens with zero attached hydrogens (tertiary/aromatic N) is 3. The fraction of sp³-hybridized carbons (Fsp3) is 0. The van der Waals surface area contributed by atoms with Crippen LogP contribution < -0.4 is 0 Å². The predicted octanol–water partition coefficient (Wildman–Crippen LogP) is 2.27. The van der Waals surface area contributed by atoms with Crippen LogP contribution in [0.4, 0.5) is 4.39 Å². The number of benzene rings is 1. The zero-order valence-corrected chi connectivity index (χ0v) is 9.34. The van der Waals surface area contributed by atoms with Crippen LogP contribution in [0.5, 0.6) is 0 Å². The molecule has 2 heterocycles. The van der Waals surface area contributed by atoms with Crippen LogP contribution in [-0.2, 0) is 0 Å². The van der Waals surface area contributed by atoms with Crippen LogP contribution in [0.1, 0.15) is 11.1 Å². The first-order valence-corrected chi connectivity index (χ1v) is 5.38. The van der Waals surface area contributed by atoms with Gasteiger partial charge in [0.15, 0.2) is 5.65 Å². The molecule has 86 valence electrons. The molecule has 3 aromatic rings. The summed E-state index contributed by atoms with van der Waals surface area (Å²) < 4.78 is 14.6. The van der Waals surface area contributed by atoms with E-state index in [4.69, 9.17) is 0 Å². The summed E-state index contributed by atoms with van der Waals surface area (Å²) in [6.07, 6.45) is 5.13. The number of fused-ring (bicyclic) bond motifs is 1. The average molecular weight is 237 g/mol. The maximum atomic E-state index is 13.0. The summed E-state index contributed by atoms with van der Waals surface area (Å²) in [6.45, 7) is 0. The van der Waals surface area contributed by atoms with Crippen molar-refractivity contribution in [3.05, 3.63) is 65.9 Å². The van der Waals surface area contributed by atoms with Crippen LogP contribution in [0.3, 0.4) is 0 Å². The summed E-state index contributed by atoms with van der Waals surface area (Å²) >= 11 is 0. The largest absolute Gasteiger partial charge is 0.236 e. The lowest BCUT2D eigenvalue weighted by Gasteiger charge is -1.93. The molecule has 3 nitrogen and oxygen atoms in total. The molecular formula is C14H8FN3. The van der Waals surface area contributed by atoms with Crippen molar-refractivity contribution in [1.29, 1.82) is 0 Å². The van der Waals surface area contributed by atoms with Gasteiger partial charge in [0.25, 0.3) is 0 Å². The molecule has 3 rings (SSSR count). The minimum absolute atomic E-state index is 0.289. The summed E-state index contributed by atoms with van der Waals surface area (Å²) in [4.78, 5) is 4.19. The third kappa shape index (κ3) is 2.06. The topological polar surface area (TPSA) is 30.2 Å². The van der Waals surface area contributed by atoms with Gasteiger partial charge in [-0.3, -0.25) is 0 Å². The molecule has 18 heavy (non-hydrogen) atoms. The molecule has 0 aliphatic rings. The Kier molecular flexibility index (Phi) is 2.50. The lowest BCUT2D eigenvalue weighted by atomic mass is 10.2. The van der Waals surface area contributed by atoms with Crippen molar-refractivity contribution in [3.63, 3.8) is 0 Å². The van der Waals surface area contributed by atoms with Gasteiger partial charge in [-0.15, -0.1) is 0 Å². The molecule has 0 aliphatic heterocycles. The third-order valence-corrected chi connectivity index (χ3v) is 2.42. The van der Waals surface area contributed by atoms with Crippen molar-refractivity contribution in [3.8, 4) is 11.8 Å². The highest BCUT2D eigenvalue weighted by molar-refractivity contribution is 5.44. The second-order valence-corrected chi connectivity index (χ2v) is 3.74. The lowest BCUT2D eigenvalue weighted by Crippen LogP contribution is -1.90. The van der Waals surface area contributed by atoms with Gasteiger partial charge >= 0.3 is 0 Å². The van der Waals surface area contributed by atoms with Gasteiger partial charge in [-0.1, -0.05) is 17.9 Å². The highest BCUT2D eigenvalue weighted by Crippen LogP contribution is 2.03. The van der Waals surface area contributed by atoms with E-state index < -0.39 is 0 Å². The molecule has 4 heteroatoms. The lowest BCUT2D eigenvalue weighted by molar-refractivity contribution is 0.627. The molecule has 1 aromatic carbocycles. The Morgan fingerprint density at radius 1 is 1.11 bits per heavy atom. The molecule has 0 N–H and O–H groups in total. The van der Waals surface area contributed by atoms with E-state index in [0.29, 0.717) is 5.56 Å². The zero-order valence-electron chi connectivity index (χ0n) is 9.34. The average Bonchev–Trinajstić information content (AvgIpc) is 2.84. The number of aromatic nitrogens is 3. The molecule has 0 radical (unpaired) electrons. The highest BCUT2D eigenvalue weighted by atomic mass is 19.1. The van der Waals surface area contributed by atoms with E-state index in [1.54, 1.807) is 35.2 Å². The Bertz CT molecular complexity index is 765. The molecule has 0 saturated heterocycles. The summed E-state index contributed by atoms with van der Waals surface area (Å²) in [7, 11) is 0. The Morgan fingerprint density at radius 2 is 2.00 bits per heavy atom. The summed E-state index contributed by atoms with van der Waals surface area (Å²) in [6, 6.07) is 7.99. The van der Waals surface area contributed by atoms with Crippen molar-refractivity contribution in [2.45, 2.75) is 0 Å². The van der Waals surface area contributed by atoms with E-state index in [9.17, 15) is 4.39 Å². The van der Waals surface area contributed by atoms with Gasteiger partial charge < -0.3 is 0 Å². The number of rotatable bonds is 0. The standard InChI is InChI=1S/C14H8FN3/c15-13-3-1-2-11(8-13)4-5-12-9-16-14-6-7-17-18(14)10-12/h1-3,6-10H. The third-order valence-electron chi connectivity index (χ3n) is 2.42. The van der Waals surface area contributed by atoms with Gasteiger partial charge in [0.1, 0.15) is 5.82 Å². The highest BCUT2D eigenvalue weighted by Gasteiger charge is 1.95. The second-order valence-electron chi connectivity index (χ2n) is 3.74. The van der Waals surface area contributed by atoms with Crippen LogP contribution >= 0.6 is 0 Å². The van der Waals surface area contributed by atoms with Gasteiger partial charge in [0.2, 0.25) is 0 Å². The van der Waals surface area contributed by atoms with E-state index in [2.05, 4.69) is 21.9 Å². The van der Waals surface area contributed by atoms with Gasteiger partial charge in [-0.2, -0.15) is 5.10 Å². The Balaban J connectivity index is 1.97. The van der Waals surface area contributed by atoms with Crippen molar-refractivity contribution >= 4 is 5.65 Å². The van der Waals surface area contributed by atoms with E-state index in [1.807, 2.05) is 6.07 Å². The normalized spacial score (nSPS) is 10.1. The molecule has 0 aliphatic carbocycles. The fourth-order valence-corrected chi connectivity index (χ4v) is 1.58. The van der Waals surface area contributed by atoms with Crippen LogP contribution in [-0.4, -0.2) is 14.6 Å². The van der Waals surface area contributed by atoms with Gasteiger partial charge in [-0.25, -0.2) is 13.9 Å². The number of halogens is 1. The maximum Gasteiger partial charge on any atom is 0.154 e. The summed E-state index contributed by atoms with van der Waals surface area (Å²) in [5, 5.41) is 4.07. The number of hydrogen-bond donors (Lipinski definition) is 0. The zero-order chi connectivity index (χ0) is 12.4. The van der Waals surface area contributed by atoms with Crippen molar-refractivity contribution in [1.82, 2.24) is 14.6 Å². The van der Waals surface area contributed by atoms with Crippen LogP contribution in [0, 0.1) is 17.7 Å². The number of hydrogen-bond acceptors (Lipinski definition) is 2. The maximum absolute atomic E-state index is 13.0. The van der Waals surface area contributed by atoms with Crippen LogP contribution in [0.2, 0.25) is 0 Å². The molecule has 0 bridgehead atoms. The van der Waals surface area contributed by atoms with Gasteiger partial charge in [0.05, 0.1) is 11.8 Å². The Labute approximate surface area is 103 Å². The van der Waals surface area contributed by atoms with Crippen LogP contribution in [0.15, 0.2) is 48.9 Å². The first kappa shape index (κ1) is 10.5. The van der Waals surface area contributed by atoms with Gasteiger partial charge in [-0.05, 0) is 18.2 Å². The van der Waals surface area contributed by atoms with E-state index >= 15 is 0 Å². The molecular weight excluding hydrogens is 229 g/mol. The van der Waals surface area contributed by atoms with Gasteiger partial charge in [0, 0.05) is 24.0 Å². The smallest absolute Gasteiger partial charge is 0.154 e. The molecule has 0 saturated carbocycles. The molecule has 0 unspecified atom stereocenters. The second kappa shape index (κ2) is 4.30. The Morgan fingerprint density at radius 3 is 2.89 bits per heavy atom. The molecule has 0 atom stereocenters. The molecule has 0 amide bonds. The predicted molar refractivity (Wildman–Crippen MR) is 65.4 cm³/mol. The summed E-state index contributed by atoms with van der Waals surface area (Å²) in [5.74, 6) is 5.53. The monoisotopic (exact) mass is 237 g/mol. The first-order valence-electron chi connectivity index (χ1n) is 5.38. The minimum Gasteiger partial charge on any atom is -0.236 e. The van der Waals surface area contributed by atoms with E-state index in [1.165, 1.54) is 12.1 Å². The fourth-order valence-electron chi connectivity index (χ4n) is 1.58. The Hall–Kier alpha value is -2.67. The van der Waals surface area contributed by atoms with E-state index in [0.717, 1.165) is 11.2 Å². The molecule has 0 fully saturated rings. The van der Waals surface area contributed by atoms with Crippen molar-refractivity contribution in [2.75, 3.05) is 0 Å². The van der Waals surface area contributed by atoms with Crippen molar-refractivity contribution < 1.29 is 4.39 Å².